The minimum absolute atomic E-state index is 0.447. The number of halogens is 1. The molecular weight excluding hydrogens is 290 g/mol. The number of imidazole rings is 1. The van der Waals surface area contributed by atoms with Gasteiger partial charge in [0.05, 0.1) is 0 Å². The minimum atomic E-state index is 0.447. The Bertz CT molecular complexity index is 925. The van der Waals surface area contributed by atoms with Gasteiger partial charge >= 0.3 is 0 Å². The largest absolute Gasteiger partial charge is 0.284 e. The lowest BCUT2D eigenvalue weighted by atomic mass is 10.2. The first kappa shape index (κ1) is 11.9. The first-order valence-corrected chi connectivity index (χ1v) is 7.42. The molecule has 0 bridgehead atoms. The van der Waals surface area contributed by atoms with Crippen molar-refractivity contribution in [2.75, 3.05) is 0 Å². The molecule has 3 nitrogen and oxygen atoms in total. The van der Waals surface area contributed by atoms with Gasteiger partial charge in [-0.3, -0.25) is 4.40 Å². The van der Waals surface area contributed by atoms with Crippen LogP contribution in [0.2, 0.25) is 5.15 Å². The third kappa shape index (κ3) is 1.65. The highest BCUT2D eigenvalue weighted by Crippen LogP contribution is 2.34. The molecule has 0 amide bonds. The Balaban J connectivity index is 2.09. The predicted molar refractivity (Wildman–Crippen MR) is 83.6 cm³/mol. The summed E-state index contributed by atoms with van der Waals surface area (Å²) in [6.07, 6.45) is 1.82. The van der Waals surface area contributed by atoms with Crippen molar-refractivity contribution < 1.29 is 0 Å². The van der Waals surface area contributed by atoms with Crippen molar-refractivity contribution in [3.05, 3.63) is 53.4 Å². The van der Waals surface area contributed by atoms with Crippen LogP contribution in [-0.2, 0) is 0 Å². The van der Waals surface area contributed by atoms with E-state index in [0.717, 1.165) is 21.7 Å². The van der Waals surface area contributed by atoms with Gasteiger partial charge in [0.25, 0.3) is 0 Å². The van der Waals surface area contributed by atoms with E-state index < -0.39 is 0 Å². The van der Waals surface area contributed by atoms with E-state index in [2.05, 4.69) is 32.6 Å². The number of hydrogen-bond acceptors (Lipinski definition) is 3. The first-order chi connectivity index (χ1) is 9.74. The van der Waals surface area contributed by atoms with Crippen LogP contribution in [0.3, 0.4) is 0 Å². The summed E-state index contributed by atoms with van der Waals surface area (Å²) in [4.78, 5) is 11.0. The van der Waals surface area contributed by atoms with Gasteiger partial charge in [0.2, 0.25) is 0 Å². The molecule has 0 aliphatic carbocycles. The van der Waals surface area contributed by atoms with Crippen LogP contribution in [0.25, 0.3) is 26.4 Å². The van der Waals surface area contributed by atoms with Crippen LogP contribution in [-0.4, -0.2) is 14.4 Å². The molecule has 0 aliphatic heterocycles. The molecule has 4 aromatic rings. The number of aromatic nitrogens is 3. The van der Waals surface area contributed by atoms with E-state index in [9.17, 15) is 0 Å². The van der Waals surface area contributed by atoms with E-state index in [0.29, 0.717) is 5.15 Å². The minimum Gasteiger partial charge on any atom is -0.284 e. The first-order valence-electron chi connectivity index (χ1n) is 6.22. The third-order valence-electron chi connectivity index (χ3n) is 3.30. The van der Waals surface area contributed by atoms with Crippen LogP contribution in [0.4, 0.5) is 0 Å². The fraction of sp³-hybridized carbons (Fsp3) is 0.0667. The van der Waals surface area contributed by atoms with E-state index in [-0.39, 0.29) is 0 Å². The predicted octanol–water partition coefficient (Wildman–Crippen LogP) is 4.57. The van der Waals surface area contributed by atoms with Crippen molar-refractivity contribution in [1.82, 2.24) is 14.4 Å². The summed E-state index contributed by atoms with van der Waals surface area (Å²) in [5.41, 5.74) is 3.89. The fourth-order valence-electron chi connectivity index (χ4n) is 2.35. The summed E-state index contributed by atoms with van der Waals surface area (Å²) < 4.78 is 2.07. The molecule has 4 rings (SSSR count). The summed E-state index contributed by atoms with van der Waals surface area (Å²) in [6, 6.07) is 12.4. The molecule has 1 aromatic carbocycles. The van der Waals surface area contributed by atoms with Gasteiger partial charge in [-0.15, -0.1) is 11.3 Å². The maximum Gasteiger partial charge on any atom is 0.176 e. The lowest BCUT2D eigenvalue weighted by molar-refractivity contribution is 1.16. The molecule has 20 heavy (non-hydrogen) atoms. The second-order valence-electron chi connectivity index (χ2n) is 4.63. The highest BCUT2D eigenvalue weighted by atomic mass is 35.5. The van der Waals surface area contributed by atoms with E-state index in [1.54, 1.807) is 11.3 Å². The highest BCUT2D eigenvalue weighted by Gasteiger charge is 2.13. The Labute approximate surface area is 124 Å². The van der Waals surface area contributed by atoms with Crippen molar-refractivity contribution in [2.45, 2.75) is 6.92 Å². The Morgan fingerprint density at radius 1 is 1.20 bits per heavy atom. The molecule has 98 valence electrons. The molecule has 0 aliphatic rings. The quantitative estimate of drug-likeness (QED) is 0.515. The van der Waals surface area contributed by atoms with E-state index in [1.807, 2.05) is 31.3 Å². The van der Waals surface area contributed by atoms with Gasteiger partial charge in [-0.1, -0.05) is 41.9 Å². The number of aryl methyl sites for hydroxylation is 1. The molecule has 0 fully saturated rings. The standard InChI is InChI=1S/C15H10ClN3S/c1-9-8-17-14-13(16)18-11-7-12(20-15(11)19(9)14)10-5-3-2-4-6-10/h2-8H,1H3. The number of hydrogen-bond donors (Lipinski definition) is 0. The van der Waals surface area contributed by atoms with Crippen LogP contribution >= 0.6 is 22.9 Å². The second kappa shape index (κ2) is 4.30. The zero-order valence-corrected chi connectivity index (χ0v) is 12.2. The van der Waals surface area contributed by atoms with Gasteiger partial charge in [0.1, 0.15) is 10.3 Å². The van der Waals surface area contributed by atoms with E-state index >= 15 is 0 Å². The SMILES string of the molecule is Cc1cnc2c(Cl)nc3cc(-c4ccccc4)sc3n12. The number of rotatable bonds is 1. The van der Waals surface area contributed by atoms with Crippen molar-refractivity contribution in [2.24, 2.45) is 0 Å². The summed E-state index contributed by atoms with van der Waals surface area (Å²) in [5, 5.41) is 0.447. The summed E-state index contributed by atoms with van der Waals surface area (Å²) in [6.45, 7) is 2.03. The normalized spacial score (nSPS) is 11.5. The molecule has 0 atom stereocenters. The monoisotopic (exact) mass is 299 g/mol. The number of fused-ring (bicyclic) bond motifs is 3. The summed E-state index contributed by atoms with van der Waals surface area (Å²) in [7, 11) is 0. The molecule has 3 heterocycles. The zero-order valence-electron chi connectivity index (χ0n) is 10.7. The molecule has 0 saturated heterocycles. The van der Waals surface area contributed by atoms with Crippen molar-refractivity contribution in [3.63, 3.8) is 0 Å². The zero-order chi connectivity index (χ0) is 13.7. The maximum absolute atomic E-state index is 6.21. The summed E-state index contributed by atoms with van der Waals surface area (Å²) in [5.74, 6) is 0. The Morgan fingerprint density at radius 3 is 2.80 bits per heavy atom. The average molecular weight is 300 g/mol. The topological polar surface area (TPSA) is 30.2 Å². The molecule has 3 aromatic heterocycles. The van der Waals surface area contributed by atoms with Crippen LogP contribution in [0.15, 0.2) is 42.6 Å². The molecular formula is C15H10ClN3S. The maximum atomic E-state index is 6.21. The lowest BCUT2D eigenvalue weighted by Crippen LogP contribution is -1.91. The van der Waals surface area contributed by atoms with Gasteiger partial charge in [0, 0.05) is 16.8 Å². The summed E-state index contributed by atoms with van der Waals surface area (Å²) >= 11 is 7.92. The van der Waals surface area contributed by atoms with Gasteiger partial charge in [0.15, 0.2) is 10.8 Å². The molecule has 0 radical (unpaired) electrons. The van der Waals surface area contributed by atoms with Gasteiger partial charge in [-0.05, 0) is 18.6 Å². The smallest absolute Gasteiger partial charge is 0.176 e. The van der Waals surface area contributed by atoms with Gasteiger partial charge in [-0.25, -0.2) is 9.97 Å². The Morgan fingerprint density at radius 2 is 2.00 bits per heavy atom. The van der Waals surface area contributed by atoms with Crippen LogP contribution in [0, 0.1) is 6.92 Å². The average Bonchev–Trinajstić information content (AvgIpc) is 3.04. The highest BCUT2D eigenvalue weighted by molar-refractivity contribution is 7.21. The second-order valence-corrected chi connectivity index (χ2v) is 6.02. The van der Waals surface area contributed by atoms with Crippen LogP contribution < -0.4 is 0 Å². The van der Waals surface area contributed by atoms with Crippen molar-refractivity contribution in [3.8, 4) is 10.4 Å². The Hall–Kier alpha value is -1.91. The molecule has 0 saturated carbocycles. The number of nitrogens with zero attached hydrogens (tertiary/aromatic N) is 3. The van der Waals surface area contributed by atoms with E-state index in [4.69, 9.17) is 11.6 Å². The molecule has 5 heteroatoms. The number of thiophene rings is 1. The molecule has 0 unspecified atom stereocenters. The lowest BCUT2D eigenvalue weighted by Gasteiger charge is -1.99. The fourth-order valence-corrected chi connectivity index (χ4v) is 3.74. The van der Waals surface area contributed by atoms with Crippen LogP contribution in [0.1, 0.15) is 5.69 Å². The van der Waals surface area contributed by atoms with Crippen molar-refractivity contribution in [1.29, 1.82) is 0 Å². The van der Waals surface area contributed by atoms with Crippen LogP contribution in [0.5, 0.6) is 0 Å². The van der Waals surface area contributed by atoms with Crippen molar-refractivity contribution >= 4 is 38.9 Å². The third-order valence-corrected chi connectivity index (χ3v) is 4.71. The van der Waals surface area contributed by atoms with Gasteiger partial charge < -0.3 is 0 Å². The van der Waals surface area contributed by atoms with Gasteiger partial charge in [-0.2, -0.15) is 0 Å². The molecule has 0 spiro atoms. The van der Waals surface area contributed by atoms with E-state index in [1.165, 1.54) is 10.4 Å². The molecule has 0 N–H and O–H groups in total. The number of benzene rings is 1. The Kier molecular flexibility index (Phi) is 2.55.